The van der Waals surface area contributed by atoms with Crippen LogP contribution in [0.2, 0.25) is 0 Å². The van der Waals surface area contributed by atoms with Crippen LogP contribution in [0.1, 0.15) is 28.2 Å². The lowest BCUT2D eigenvalue weighted by atomic mass is 9.99. The Kier molecular flexibility index (Phi) is 3.14. The molecule has 1 aromatic carbocycles. The number of nitrogens with two attached hydrogens (primary N) is 1. The van der Waals surface area contributed by atoms with Crippen molar-refractivity contribution >= 4 is 17.3 Å². The third-order valence-corrected chi connectivity index (χ3v) is 3.64. The predicted molar refractivity (Wildman–Crippen MR) is 79.8 cm³/mol. The summed E-state index contributed by atoms with van der Waals surface area (Å²) >= 11 is 0. The molecule has 1 aliphatic rings. The van der Waals surface area contributed by atoms with Crippen LogP contribution in [0, 0.1) is 6.92 Å². The molecule has 0 bridgehead atoms. The molecule has 4 nitrogen and oxygen atoms in total. The number of benzene rings is 1. The fraction of sp³-hybridized carbons (Fsp3) is 0.250. The average molecular weight is 267 g/mol. The van der Waals surface area contributed by atoms with E-state index < -0.39 is 0 Å². The maximum absolute atomic E-state index is 12.6. The zero-order valence-corrected chi connectivity index (χ0v) is 11.5. The van der Waals surface area contributed by atoms with E-state index in [2.05, 4.69) is 4.98 Å². The van der Waals surface area contributed by atoms with Crippen LogP contribution >= 0.6 is 0 Å². The van der Waals surface area contributed by atoms with E-state index in [1.54, 1.807) is 11.0 Å². The first-order valence-electron chi connectivity index (χ1n) is 6.80. The molecule has 0 saturated carbocycles. The number of rotatable bonds is 1. The first-order chi connectivity index (χ1) is 9.66. The number of carbonyl (C=O) groups is 1. The van der Waals surface area contributed by atoms with Gasteiger partial charge in [-0.2, -0.15) is 0 Å². The number of carbonyl (C=O) groups excluding carboxylic acids is 1. The van der Waals surface area contributed by atoms with E-state index in [0.717, 1.165) is 35.5 Å². The standard InChI is InChI=1S/C16H17N3O/c1-11-5-2-8-14(18-11)16(20)19-10-4-6-12-13(17)7-3-9-15(12)19/h2-3,5,7-9H,4,6,10,17H2,1H3. The Labute approximate surface area is 118 Å². The lowest BCUT2D eigenvalue weighted by Crippen LogP contribution is -2.36. The largest absolute Gasteiger partial charge is 0.398 e. The fourth-order valence-corrected chi connectivity index (χ4v) is 2.66. The number of fused-ring (bicyclic) bond motifs is 1. The number of hydrogen-bond donors (Lipinski definition) is 1. The van der Waals surface area contributed by atoms with Crippen LogP contribution < -0.4 is 10.6 Å². The topological polar surface area (TPSA) is 59.2 Å². The predicted octanol–water partition coefficient (Wildman–Crippen LogP) is 2.57. The number of hydrogen-bond acceptors (Lipinski definition) is 3. The van der Waals surface area contributed by atoms with Crippen LogP contribution in [-0.4, -0.2) is 17.4 Å². The average Bonchev–Trinajstić information content (AvgIpc) is 2.46. The second-order valence-electron chi connectivity index (χ2n) is 5.07. The van der Waals surface area contributed by atoms with E-state index in [1.165, 1.54) is 0 Å². The SMILES string of the molecule is Cc1cccc(C(=O)N2CCCc3c(N)cccc32)n1. The zero-order chi connectivity index (χ0) is 14.1. The van der Waals surface area contributed by atoms with Gasteiger partial charge in [-0.3, -0.25) is 4.79 Å². The van der Waals surface area contributed by atoms with Crippen molar-refractivity contribution in [3.63, 3.8) is 0 Å². The lowest BCUT2D eigenvalue weighted by molar-refractivity contribution is 0.0980. The van der Waals surface area contributed by atoms with Crippen LogP contribution in [0.25, 0.3) is 0 Å². The van der Waals surface area contributed by atoms with Crippen molar-refractivity contribution in [2.45, 2.75) is 19.8 Å². The molecular weight excluding hydrogens is 250 g/mol. The van der Waals surface area contributed by atoms with E-state index in [9.17, 15) is 4.79 Å². The highest BCUT2D eigenvalue weighted by molar-refractivity contribution is 6.05. The molecule has 2 heterocycles. The number of nitrogen functional groups attached to an aromatic ring is 1. The van der Waals surface area contributed by atoms with E-state index in [-0.39, 0.29) is 5.91 Å². The highest BCUT2D eigenvalue weighted by Gasteiger charge is 2.25. The minimum Gasteiger partial charge on any atom is -0.398 e. The number of nitrogens with zero attached hydrogens (tertiary/aromatic N) is 2. The molecular formula is C16H17N3O. The molecule has 0 unspecified atom stereocenters. The van der Waals surface area contributed by atoms with Crippen LogP contribution in [0.5, 0.6) is 0 Å². The number of aryl methyl sites for hydroxylation is 1. The summed E-state index contributed by atoms with van der Waals surface area (Å²) in [6, 6.07) is 11.2. The van der Waals surface area contributed by atoms with Gasteiger partial charge in [0.25, 0.3) is 5.91 Å². The quantitative estimate of drug-likeness (QED) is 0.808. The maximum Gasteiger partial charge on any atom is 0.276 e. The Balaban J connectivity index is 2.01. The Morgan fingerprint density at radius 3 is 2.85 bits per heavy atom. The molecule has 0 aliphatic carbocycles. The van der Waals surface area contributed by atoms with Gasteiger partial charge in [0.15, 0.2) is 0 Å². The van der Waals surface area contributed by atoms with Crippen molar-refractivity contribution in [1.82, 2.24) is 4.98 Å². The van der Waals surface area contributed by atoms with Gasteiger partial charge in [0.1, 0.15) is 5.69 Å². The van der Waals surface area contributed by atoms with E-state index in [0.29, 0.717) is 12.2 Å². The fourth-order valence-electron chi connectivity index (χ4n) is 2.66. The van der Waals surface area contributed by atoms with Crippen LogP contribution in [-0.2, 0) is 6.42 Å². The van der Waals surface area contributed by atoms with Gasteiger partial charge in [0, 0.05) is 23.6 Å². The molecule has 0 atom stereocenters. The van der Waals surface area contributed by atoms with Gasteiger partial charge in [-0.15, -0.1) is 0 Å². The third kappa shape index (κ3) is 2.13. The van der Waals surface area contributed by atoms with Gasteiger partial charge >= 0.3 is 0 Å². The molecule has 1 aromatic heterocycles. The molecule has 20 heavy (non-hydrogen) atoms. The van der Waals surface area contributed by atoms with E-state index >= 15 is 0 Å². The van der Waals surface area contributed by atoms with Gasteiger partial charge in [-0.1, -0.05) is 12.1 Å². The van der Waals surface area contributed by atoms with Crippen molar-refractivity contribution < 1.29 is 4.79 Å². The Bertz CT molecular complexity index is 667. The summed E-state index contributed by atoms with van der Waals surface area (Å²) in [4.78, 5) is 18.8. The number of amides is 1. The van der Waals surface area contributed by atoms with Gasteiger partial charge in [-0.05, 0) is 49.6 Å². The molecule has 2 N–H and O–H groups in total. The Morgan fingerprint density at radius 1 is 1.25 bits per heavy atom. The number of anilines is 2. The first-order valence-corrected chi connectivity index (χ1v) is 6.80. The molecule has 0 spiro atoms. The molecule has 102 valence electrons. The maximum atomic E-state index is 12.6. The van der Waals surface area contributed by atoms with Crippen LogP contribution in [0.4, 0.5) is 11.4 Å². The molecule has 0 radical (unpaired) electrons. The van der Waals surface area contributed by atoms with Crippen LogP contribution in [0.15, 0.2) is 36.4 Å². The molecule has 2 aromatic rings. The summed E-state index contributed by atoms with van der Waals surface area (Å²) in [6.07, 6.45) is 1.85. The lowest BCUT2D eigenvalue weighted by Gasteiger charge is -2.30. The minimum absolute atomic E-state index is 0.0553. The van der Waals surface area contributed by atoms with E-state index in [1.807, 2.05) is 37.3 Å². The molecule has 1 aliphatic heterocycles. The van der Waals surface area contributed by atoms with Crippen molar-refractivity contribution in [2.24, 2.45) is 0 Å². The first kappa shape index (κ1) is 12.7. The van der Waals surface area contributed by atoms with E-state index in [4.69, 9.17) is 5.73 Å². The monoisotopic (exact) mass is 267 g/mol. The van der Waals surface area contributed by atoms with Crippen molar-refractivity contribution in [1.29, 1.82) is 0 Å². The summed E-state index contributed by atoms with van der Waals surface area (Å²) in [6.45, 7) is 2.60. The van der Waals surface area contributed by atoms with Gasteiger partial charge < -0.3 is 10.6 Å². The number of aromatic nitrogens is 1. The highest BCUT2D eigenvalue weighted by Crippen LogP contribution is 2.31. The zero-order valence-electron chi connectivity index (χ0n) is 11.5. The smallest absolute Gasteiger partial charge is 0.276 e. The van der Waals surface area contributed by atoms with Crippen molar-refractivity contribution in [3.05, 3.63) is 53.3 Å². The van der Waals surface area contributed by atoms with Gasteiger partial charge in [-0.25, -0.2) is 4.98 Å². The summed E-state index contributed by atoms with van der Waals surface area (Å²) in [5.74, 6) is -0.0553. The van der Waals surface area contributed by atoms with Gasteiger partial charge in [0.2, 0.25) is 0 Å². The highest BCUT2D eigenvalue weighted by atomic mass is 16.2. The second kappa shape index (κ2) is 4.96. The van der Waals surface area contributed by atoms with Crippen molar-refractivity contribution in [3.8, 4) is 0 Å². The molecule has 0 saturated heterocycles. The summed E-state index contributed by atoms with van der Waals surface area (Å²) < 4.78 is 0. The Morgan fingerprint density at radius 2 is 2.05 bits per heavy atom. The number of pyridine rings is 1. The Hall–Kier alpha value is -2.36. The third-order valence-electron chi connectivity index (χ3n) is 3.64. The molecule has 4 heteroatoms. The summed E-state index contributed by atoms with van der Waals surface area (Å²) in [5.41, 5.74) is 10.1. The normalized spacial score (nSPS) is 13.9. The molecule has 3 rings (SSSR count). The van der Waals surface area contributed by atoms with Crippen LogP contribution in [0.3, 0.4) is 0 Å². The van der Waals surface area contributed by atoms with Crippen molar-refractivity contribution in [2.75, 3.05) is 17.2 Å². The molecule has 1 amide bonds. The van der Waals surface area contributed by atoms with Gasteiger partial charge in [0.05, 0.1) is 0 Å². The second-order valence-corrected chi connectivity index (χ2v) is 5.07. The minimum atomic E-state index is -0.0553. The summed E-state index contributed by atoms with van der Waals surface area (Å²) in [7, 11) is 0. The molecule has 0 fully saturated rings. The summed E-state index contributed by atoms with van der Waals surface area (Å²) in [5, 5.41) is 0.